The maximum Gasteiger partial charge on any atom is 0.216 e. The van der Waals surface area contributed by atoms with Crippen LogP contribution in [0.2, 0.25) is 0 Å². The fraction of sp³-hybridized carbons (Fsp3) is 0.600. The normalized spacial score (nSPS) is 24.0. The number of aromatic nitrogens is 2. The van der Waals surface area contributed by atoms with E-state index in [0.29, 0.717) is 17.4 Å². The smallest absolute Gasteiger partial charge is 0.216 e. The van der Waals surface area contributed by atoms with Crippen molar-refractivity contribution in [2.24, 2.45) is 5.41 Å². The van der Waals surface area contributed by atoms with Crippen molar-refractivity contribution in [3.05, 3.63) is 18.6 Å². The van der Waals surface area contributed by atoms with Gasteiger partial charge < -0.3 is 10.1 Å². The molecule has 14 heavy (non-hydrogen) atoms. The van der Waals surface area contributed by atoms with E-state index >= 15 is 0 Å². The summed E-state index contributed by atoms with van der Waals surface area (Å²) >= 11 is 0. The second kappa shape index (κ2) is 2.92. The summed E-state index contributed by atoms with van der Waals surface area (Å²) in [5, 5.41) is 3.31. The van der Waals surface area contributed by atoms with E-state index in [-0.39, 0.29) is 0 Å². The fourth-order valence-electron chi connectivity index (χ4n) is 2.28. The molecule has 1 N–H and O–H groups in total. The van der Waals surface area contributed by atoms with Gasteiger partial charge in [-0.15, -0.1) is 0 Å². The Morgan fingerprint density at radius 1 is 1.43 bits per heavy atom. The average Bonchev–Trinajstić information content (AvgIpc) is 2.09. The first-order chi connectivity index (χ1) is 6.86. The summed E-state index contributed by atoms with van der Waals surface area (Å²) in [7, 11) is 0. The minimum Gasteiger partial charge on any atom is -0.474 e. The molecule has 1 spiro atoms. The molecule has 0 amide bonds. The number of nitrogens with one attached hydrogen (secondary N) is 1. The van der Waals surface area contributed by atoms with E-state index in [1.807, 2.05) is 6.07 Å². The molecule has 1 saturated carbocycles. The molecule has 1 aromatic heterocycles. The summed E-state index contributed by atoms with van der Waals surface area (Å²) in [6.07, 6.45) is 5.94. The van der Waals surface area contributed by atoms with E-state index in [0.717, 1.165) is 13.1 Å². The van der Waals surface area contributed by atoms with Crippen molar-refractivity contribution in [2.75, 3.05) is 13.1 Å². The topological polar surface area (TPSA) is 47.0 Å². The average molecular weight is 191 g/mol. The summed E-state index contributed by atoms with van der Waals surface area (Å²) in [5.74, 6) is 0.701. The third-order valence-corrected chi connectivity index (χ3v) is 3.16. The quantitative estimate of drug-likeness (QED) is 0.744. The first kappa shape index (κ1) is 8.17. The lowest BCUT2D eigenvalue weighted by Gasteiger charge is -2.53. The number of nitrogens with zero attached hydrogens (tertiary/aromatic N) is 2. The summed E-state index contributed by atoms with van der Waals surface area (Å²) < 4.78 is 5.70. The van der Waals surface area contributed by atoms with E-state index in [4.69, 9.17) is 4.74 Å². The molecule has 2 heterocycles. The van der Waals surface area contributed by atoms with Gasteiger partial charge in [0.2, 0.25) is 5.88 Å². The van der Waals surface area contributed by atoms with E-state index in [9.17, 15) is 0 Å². The standard InChI is InChI=1S/C10H13N3O/c1-2-11-7-13-9(1)14-8-3-10(4-8)5-12-6-10/h1-2,7-8,12H,3-6H2. The molecule has 0 bridgehead atoms. The van der Waals surface area contributed by atoms with E-state index in [1.165, 1.54) is 19.2 Å². The molecule has 0 aromatic carbocycles. The predicted octanol–water partition coefficient (Wildman–Crippen LogP) is 0.607. The molecule has 0 unspecified atom stereocenters. The van der Waals surface area contributed by atoms with Crippen LogP contribution in [0.15, 0.2) is 18.6 Å². The van der Waals surface area contributed by atoms with Crippen molar-refractivity contribution in [2.45, 2.75) is 18.9 Å². The molecule has 1 aliphatic carbocycles. The molecule has 3 rings (SSSR count). The van der Waals surface area contributed by atoms with Gasteiger partial charge in [0.1, 0.15) is 12.4 Å². The predicted molar refractivity (Wildman–Crippen MR) is 51.0 cm³/mol. The highest BCUT2D eigenvalue weighted by Gasteiger charge is 2.49. The molecule has 0 atom stereocenters. The molecular formula is C10H13N3O. The van der Waals surface area contributed by atoms with Crippen molar-refractivity contribution >= 4 is 0 Å². The van der Waals surface area contributed by atoms with Crippen LogP contribution in [0.4, 0.5) is 0 Å². The lowest BCUT2D eigenvalue weighted by atomic mass is 9.63. The van der Waals surface area contributed by atoms with E-state index in [2.05, 4.69) is 15.3 Å². The van der Waals surface area contributed by atoms with Gasteiger partial charge in [-0.05, 0) is 12.8 Å². The van der Waals surface area contributed by atoms with Crippen LogP contribution in [0, 0.1) is 5.41 Å². The third kappa shape index (κ3) is 1.26. The van der Waals surface area contributed by atoms with E-state index in [1.54, 1.807) is 6.20 Å². The van der Waals surface area contributed by atoms with Crippen molar-refractivity contribution in [1.29, 1.82) is 0 Å². The summed E-state index contributed by atoms with van der Waals surface area (Å²) in [4.78, 5) is 7.89. The number of ether oxygens (including phenoxy) is 1. The Kier molecular flexibility index (Phi) is 1.70. The van der Waals surface area contributed by atoms with Gasteiger partial charge in [-0.1, -0.05) is 0 Å². The molecule has 0 radical (unpaired) electrons. The molecular weight excluding hydrogens is 178 g/mol. The van der Waals surface area contributed by atoms with Crippen molar-refractivity contribution in [3.63, 3.8) is 0 Å². The zero-order valence-electron chi connectivity index (χ0n) is 7.94. The molecule has 1 aliphatic heterocycles. The third-order valence-electron chi connectivity index (χ3n) is 3.16. The lowest BCUT2D eigenvalue weighted by molar-refractivity contribution is -0.0513. The van der Waals surface area contributed by atoms with Crippen molar-refractivity contribution < 1.29 is 4.74 Å². The molecule has 2 aliphatic rings. The number of hydrogen-bond acceptors (Lipinski definition) is 4. The maximum atomic E-state index is 5.70. The minimum atomic E-state index is 0.368. The highest BCUT2D eigenvalue weighted by atomic mass is 16.5. The van der Waals surface area contributed by atoms with Crippen LogP contribution < -0.4 is 10.1 Å². The highest BCUT2D eigenvalue weighted by molar-refractivity contribution is 5.10. The van der Waals surface area contributed by atoms with Crippen LogP contribution in [-0.4, -0.2) is 29.2 Å². The summed E-state index contributed by atoms with van der Waals surface area (Å²) in [6.45, 7) is 2.33. The Bertz CT molecular complexity index is 315. The van der Waals surface area contributed by atoms with Crippen LogP contribution in [0.1, 0.15) is 12.8 Å². The molecule has 4 heteroatoms. The zero-order valence-corrected chi connectivity index (χ0v) is 7.94. The monoisotopic (exact) mass is 191 g/mol. The highest BCUT2D eigenvalue weighted by Crippen LogP contribution is 2.45. The van der Waals surface area contributed by atoms with Gasteiger partial charge in [0.25, 0.3) is 0 Å². The fourth-order valence-corrected chi connectivity index (χ4v) is 2.28. The molecule has 74 valence electrons. The van der Waals surface area contributed by atoms with Crippen molar-refractivity contribution in [1.82, 2.24) is 15.3 Å². The second-order valence-corrected chi connectivity index (χ2v) is 4.30. The Balaban J connectivity index is 1.56. The first-order valence-corrected chi connectivity index (χ1v) is 5.00. The van der Waals surface area contributed by atoms with Gasteiger partial charge in [-0.2, -0.15) is 0 Å². The van der Waals surface area contributed by atoms with Gasteiger partial charge in [0.15, 0.2) is 0 Å². The second-order valence-electron chi connectivity index (χ2n) is 4.30. The lowest BCUT2D eigenvalue weighted by Crippen LogP contribution is -2.62. The van der Waals surface area contributed by atoms with Crippen LogP contribution >= 0.6 is 0 Å². The number of rotatable bonds is 2. The van der Waals surface area contributed by atoms with Crippen molar-refractivity contribution in [3.8, 4) is 5.88 Å². The summed E-state index contributed by atoms with van der Waals surface area (Å²) in [5.41, 5.74) is 0.567. The van der Waals surface area contributed by atoms with E-state index < -0.39 is 0 Å². The van der Waals surface area contributed by atoms with Crippen LogP contribution in [0.5, 0.6) is 5.88 Å². The largest absolute Gasteiger partial charge is 0.474 e. The molecule has 1 saturated heterocycles. The Hall–Kier alpha value is -1.16. The van der Waals surface area contributed by atoms with Gasteiger partial charge in [0, 0.05) is 30.8 Å². The first-order valence-electron chi connectivity index (χ1n) is 5.00. The Morgan fingerprint density at radius 3 is 2.86 bits per heavy atom. The van der Waals surface area contributed by atoms with Crippen LogP contribution in [0.25, 0.3) is 0 Å². The Morgan fingerprint density at radius 2 is 2.29 bits per heavy atom. The van der Waals surface area contributed by atoms with Gasteiger partial charge in [0.05, 0.1) is 0 Å². The van der Waals surface area contributed by atoms with Crippen LogP contribution in [-0.2, 0) is 0 Å². The Labute approximate surface area is 82.7 Å². The van der Waals surface area contributed by atoms with Gasteiger partial charge in [-0.3, -0.25) is 0 Å². The SMILES string of the molecule is c1cc(OC2CC3(CNC3)C2)ncn1. The zero-order chi connectivity index (χ0) is 9.43. The van der Waals surface area contributed by atoms with Gasteiger partial charge >= 0.3 is 0 Å². The van der Waals surface area contributed by atoms with Crippen LogP contribution in [0.3, 0.4) is 0 Å². The minimum absolute atomic E-state index is 0.368. The summed E-state index contributed by atoms with van der Waals surface area (Å²) in [6, 6.07) is 1.81. The molecule has 4 nitrogen and oxygen atoms in total. The van der Waals surface area contributed by atoms with Gasteiger partial charge in [-0.25, -0.2) is 9.97 Å². The number of hydrogen-bond donors (Lipinski definition) is 1. The maximum absolute atomic E-state index is 5.70. The molecule has 1 aromatic rings. The molecule has 2 fully saturated rings.